The monoisotopic (exact) mass is 348 g/mol. The van der Waals surface area contributed by atoms with Crippen LogP contribution in [0, 0.1) is 0 Å². The van der Waals surface area contributed by atoms with Crippen molar-refractivity contribution in [1.82, 2.24) is 24.1 Å². The zero-order valence-corrected chi connectivity index (χ0v) is 14.6. The predicted molar refractivity (Wildman–Crippen MR) is 88.2 cm³/mol. The van der Waals surface area contributed by atoms with Crippen LogP contribution in [0.25, 0.3) is 0 Å². The van der Waals surface area contributed by atoms with E-state index in [-0.39, 0.29) is 11.2 Å². The molecule has 1 fully saturated rings. The third kappa shape index (κ3) is 2.39. The molecule has 9 heteroatoms. The summed E-state index contributed by atoms with van der Waals surface area (Å²) in [5.41, 5.74) is 2.38. The molecule has 0 radical (unpaired) electrons. The maximum Gasteiger partial charge on any atom is 0.277 e. The van der Waals surface area contributed by atoms with Gasteiger partial charge in [0.25, 0.3) is 10.0 Å². The van der Waals surface area contributed by atoms with Crippen LogP contribution < -0.4 is 4.90 Å². The molecular formula is C15H20N6O2S. The third-order valence-electron chi connectivity index (χ3n) is 4.89. The molecule has 0 spiro atoms. The Morgan fingerprint density at radius 2 is 2.04 bits per heavy atom. The fourth-order valence-electron chi connectivity index (χ4n) is 3.27. The van der Waals surface area contributed by atoms with E-state index >= 15 is 0 Å². The Kier molecular flexibility index (Phi) is 3.57. The molecule has 24 heavy (non-hydrogen) atoms. The van der Waals surface area contributed by atoms with Crippen LogP contribution in [0.1, 0.15) is 17.7 Å². The maximum absolute atomic E-state index is 12.6. The second kappa shape index (κ2) is 5.52. The average Bonchev–Trinajstić information content (AvgIpc) is 3.13. The number of sulfonamides is 1. The number of nitrogens with zero attached hydrogens (tertiary/aromatic N) is 6. The molecule has 2 aromatic rings. The van der Waals surface area contributed by atoms with Gasteiger partial charge in [0.1, 0.15) is 0 Å². The summed E-state index contributed by atoms with van der Waals surface area (Å²) in [5.74, 6) is 0.842. The van der Waals surface area contributed by atoms with E-state index < -0.39 is 10.0 Å². The standard InChI is InChI=1S/C15H20N6O2S/c1-19-7-6-16-15(19)24(22,23)20(2)12-9-21(10-12)14-8-11-4-3-5-13(11)17-18-14/h6-8,12H,3-5,9-10H2,1-2H3. The first-order valence-electron chi connectivity index (χ1n) is 8.02. The summed E-state index contributed by atoms with van der Waals surface area (Å²) in [6, 6.07) is 2.01. The summed E-state index contributed by atoms with van der Waals surface area (Å²) in [7, 11) is -0.286. The molecule has 0 amide bonds. The molecular weight excluding hydrogens is 328 g/mol. The van der Waals surface area contributed by atoms with Gasteiger partial charge in [0.05, 0.1) is 11.7 Å². The van der Waals surface area contributed by atoms with Crippen molar-refractivity contribution in [2.24, 2.45) is 7.05 Å². The highest BCUT2D eigenvalue weighted by Gasteiger charge is 2.39. The normalized spacial score (nSPS) is 18.0. The van der Waals surface area contributed by atoms with Gasteiger partial charge in [-0.15, -0.1) is 5.10 Å². The molecule has 0 unspecified atom stereocenters. The SMILES string of the molecule is CN(C1CN(c2cc3c(nn2)CCC3)C1)S(=O)(=O)c1nccn1C. The highest BCUT2D eigenvalue weighted by molar-refractivity contribution is 7.89. The van der Waals surface area contributed by atoms with Crippen molar-refractivity contribution in [3.63, 3.8) is 0 Å². The van der Waals surface area contributed by atoms with Crippen molar-refractivity contribution in [2.45, 2.75) is 30.5 Å². The number of likely N-dealkylation sites (N-methyl/N-ethyl adjacent to an activating group) is 1. The van der Waals surface area contributed by atoms with Crippen molar-refractivity contribution >= 4 is 15.8 Å². The van der Waals surface area contributed by atoms with Crippen LogP contribution in [-0.2, 0) is 29.9 Å². The molecule has 0 bridgehead atoms. The highest BCUT2D eigenvalue weighted by Crippen LogP contribution is 2.27. The Morgan fingerprint density at radius 3 is 2.75 bits per heavy atom. The Labute approximate surface area is 141 Å². The first-order chi connectivity index (χ1) is 11.5. The summed E-state index contributed by atoms with van der Waals surface area (Å²) in [5, 5.41) is 8.65. The van der Waals surface area contributed by atoms with E-state index in [1.54, 1.807) is 20.3 Å². The molecule has 2 aliphatic rings. The zero-order valence-electron chi connectivity index (χ0n) is 13.8. The van der Waals surface area contributed by atoms with Crippen LogP contribution in [-0.4, -0.2) is 58.7 Å². The molecule has 2 aromatic heterocycles. The maximum atomic E-state index is 12.6. The lowest BCUT2D eigenvalue weighted by Gasteiger charge is -2.43. The minimum absolute atomic E-state index is 0.0702. The Bertz CT molecular complexity index is 872. The lowest BCUT2D eigenvalue weighted by molar-refractivity contribution is 0.306. The van der Waals surface area contributed by atoms with E-state index in [0.717, 1.165) is 30.8 Å². The number of hydrogen-bond donors (Lipinski definition) is 0. The average molecular weight is 348 g/mol. The molecule has 0 saturated carbocycles. The topological polar surface area (TPSA) is 84.2 Å². The molecule has 128 valence electrons. The highest BCUT2D eigenvalue weighted by atomic mass is 32.2. The number of imidazole rings is 1. The van der Waals surface area contributed by atoms with Crippen LogP contribution in [0.4, 0.5) is 5.82 Å². The van der Waals surface area contributed by atoms with Gasteiger partial charge in [0.2, 0.25) is 5.16 Å². The molecule has 0 aromatic carbocycles. The first kappa shape index (κ1) is 15.5. The lowest BCUT2D eigenvalue weighted by atomic mass is 10.1. The molecule has 1 aliphatic carbocycles. The summed E-state index contributed by atoms with van der Waals surface area (Å²) >= 11 is 0. The van der Waals surface area contributed by atoms with Gasteiger partial charge in [-0.25, -0.2) is 13.4 Å². The predicted octanol–water partition coefficient (Wildman–Crippen LogP) is 0.208. The second-order valence-electron chi connectivity index (χ2n) is 6.43. The molecule has 4 rings (SSSR count). The fraction of sp³-hybridized carbons (Fsp3) is 0.533. The van der Waals surface area contributed by atoms with Crippen molar-refractivity contribution in [3.05, 3.63) is 29.7 Å². The Morgan fingerprint density at radius 1 is 1.25 bits per heavy atom. The van der Waals surface area contributed by atoms with Crippen LogP contribution in [0.15, 0.2) is 23.6 Å². The Balaban J connectivity index is 1.46. The second-order valence-corrected chi connectivity index (χ2v) is 8.32. The minimum Gasteiger partial charge on any atom is -0.352 e. The number of anilines is 1. The summed E-state index contributed by atoms with van der Waals surface area (Å²) in [6.07, 6.45) is 6.33. The summed E-state index contributed by atoms with van der Waals surface area (Å²) < 4.78 is 28.2. The quantitative estimate of drug-likeness (QED) is 0.785. The van der Waals surface area contributed by atoms with E-state index in [9.17, 15) is 8.42 Å². The number of fused-ring (bicyclic) bond motifs is 1. The minimum atomic E-state index is -3.58. The third-order valence-corrected chi connectivity index (χ3v) is 6.81. The van der Waals surface area contributed by atoms with Crippen LogP contribution >= 0.6 is 0 Å². The van der Waals surface area contributed by atoms with Gasteiger partial charge in [0.15, 0.2) is 5.82 Å². The zero-order chi connectivity index (χ0) is 16.9. The Hall–Kier alpha value is -2.00. The summed E-state index contributed by atoms with van der Waals surface area (Å²) in [4.78, 5) is 6.03. The van der Waals surface area contributed by atoms with Crippen LogP contribution in [0.3, 0.4) is 0 Å². The smallest absolute Gasteiger partial charge is 0.277 e. The molecule has 8 nitrogen and oxygen atoms in total. The van der Waals surface area contributed by atoms with Gasteiger partial charge < -0.3 is 9.47 Å². The molecule has 1 aliphatic heterocycles. The van der Waals surface area contributed by atoms with Crippen molar-refractivity contribution < 1.29 is 8.42 Å². The largest absolute Gasteiger partial charge is 0.352 e. The van der Waals surface area contributed by atoms with Crippen molar-refractivity contribution in [1.29, 1.82) is 0 Å². The molecule has 0 atom stereocenters. The number of aromatic nitrogens is 4. The van der Waals surface area contributed by atoms with E-state index in [0.29, 0.717) is 13.1 Å². The van der Waals surface area contributed by atoms with Gasteiger partial charge in [-0.1, -0.05) is 0 Å². The van der Waals surface area contributed by atoms with Crippen molar-refractivity contribution in [2.75, 3.05) is 25.0 Å². The summed E-state index contributed by atoms with van der Waals surface area (Å²) in [6.45, 7) is 1.24. The van der Waals surface area contributed by atoms with Gasteiger partial charge in [-0.2, -0.15) is 9.40 Å². The number of aryl methyl sites for hydroxylation is 3. The van der Waals surface area contributed by atoms with Crippen LogP contribution in [0.5, 0.6) is 0 Å². The molecule has 1 saturated heterocycles. The van der Waals surface area contributed by atoms with Gasteiger partial charge >= 0.3 is 0 Å². The number of hydrogen-bond acceptors (Lipinski definition) is 6. The van der Waals surface area contributed by atoms with E-state index in [1.807, 2.05) is 0 Å². The first-order valence-corrected chi connectivity index (χ1v) is 9.46. The van der Waals surface area contributed by atoms with Gasteiger partial charge in [-0.3, -0.25) is 0 Å². The van der Waals surface area contributed by atoms with Crippen LogP contribution in [0.2, 0.25) is 0 Å². The van der Waals surface area contributed by atoms with Gasteiger partial charge in [0, 0.05) is 39.6 Å². The fourth-order valence-corrected chi connectivity index (χ4v) is 4.67. The lowest BCUT2D eigenvalue weighted by Crippen LogP contribution is -2.60. The van der Waals surface area contributed by atoms with Gasteiger partial charge in [-0.05, 0) is 30.9 Å². The van der Waals surface area contributed by atoms with Crippen molar-refractivity contribution in [3.8, 4) is 0 Å². The van der Waals surface area contributed by atoms with E-state index in [2.05, 4.69) is 26.1 Å². The van der Waals surface area contributed by atoms with E-state index in [1.165, 1.54) is 20.6 Å². The molecule has 0 N–H and O–H groups in total. The van der Waals surface area contributed by atoms with E-state index in [4.69, 9.17) is 0 Å². The molecule has 3 heterocycles. The number of rotatable bonds is 4.